The summed E-state index contributed by atoms with van der Waals surface area (Å²) in [5, 5.41) is 12.4. The van der Waals surface area contributed by atoms with Gasteiger partial charge < -0.3 is 10.4 Å². The highest BCUT2D eigenvalue weighted by Crippen LogP contribution is 2.27. The Morgan fingerprint density at radius 1 is 1.40 bits per heavy atom. The Morgan fingerprint density at radius 3 is 2.90 bits per heavy atom. The quantitative estimate of drug-likeness (QED) is 0.568. The van der Waals surface area contributed by atoms with Gasteiger partial charge in [0, 0.05) is 6.61 Å². The molecule has 0 aromatic carbocycles. The van der Waals surface area contributed by atoms with Crippen LogP contribution in [0.5, 0.6) is 0 Å². The summed E-state index contributed by atoms with van der Waals surface area (Å²) in [5.41, 5.74) is 0.198. The Kier molecular flexibility index (Phi) is 2.69. The van der Waals surface area contributed by atoms with E-state index in [1.165, 1.54) is 6.42 Å². The van der Waals surface area contributed by atoms with Crippen molar-refractivity contribution in [3.05, 3.63) is 0 Å². The van der Waals surface area contributed by atoms with Crippen molar-refractivity contribution in [1.29, 1.82) is 0 Å². The first kappa shape index (κ1) is 8.02. The van der Waals surface area contributed by atoms with Gasteiger partial charge in [-0.2, -0.15) is 0 Å². The van der Waals surface area contributed by atoms with E-state index in [0.717, 1.165) is 25.9 Å². The first-order valence-corrected chi connectivity index (χ1v) is 4.08. The number of aliphatic hydroxyl groups excluding tert-OH is 1. The van der Waals surface area contributed by atoms with Gasteiger partial charge in [0.05, 0.1) is 0 Å². The lowest BCUT2D eigenvalue weighted by Gasteiger charge is -2.24. The average Bonchev–Trinajstić information content (AvgIpc) is 2.15. The highest BCUT2D eigenvalue weighted by molar-refractivity contribution is 4.77. The SMILES string of the molecule is C[C@]1(CO)CCCNCC1. The minimum atomic E-state index is 0.198. The van der Waals surface area contributed by atoms with Crippen LogP contribution in [0.2, 0.25) is 0 Å². The van der Waals surface area contributed by atoms with Gasteiger partial charge in [-0.15, -0.1) is 0 Å². The largest absolute Gasteiger partial charge is 0.396 e. The van der Waals surface area contributed by atoms with Crippen molar-refractivity contribution in [2.24, 2.45) is 5.41 Å². The van der Waals surface area contributed by atoms with E-state index in [2.05, 4.69) is 12.2 Å². The molecule has 2 nitrogen and oxygen atoms in total. The average molecular weight is 143 g/mol. The van der Waals surface area contributed by atoms with Crippen LogP contribution >= 0.6 is 0 Å². The van der Waals surface area contributed by atoms with Crippen molar-refractivity contribution in [2.75, 3.05) is 19.7 Å². The number of hydrogen-bond donors (Lipinski definition) is 2. The molecule has 0 aliphatic carbocycles. The van der Waals surface area contributed by atoms with E-state index in [4.69, 9.17) is 5.11 Å². The molecule has 1 heterocycles. The first-order chi connectivity index (χ1) is 4.77. The van der Waals surface area contributed by atoms with Gasteiger partial charge >= 0.3 is 0 Å². The summed E-state index contributed by atoms with van der Waals surface area (Å²) in [7, 11) is 0. The number of rotatable bonds is 1. The zero-order chi connectivity index (χ0) is 7.45. The van der Waals surface area contributed by atoms with Crippen molar-refractivity contribution in [1.82, 2.24) is 5.32 Å². The maximum atomic E-state index is 9.05. The molecule has 1 atom stereocenters. The fraction of sp³-hybridized carbons (Fsp3) is 1.00. The number of hydrogen-bond acceptors (Lipinski definition) is 2. The van der Waals surface area contributed by atoms with E-state index in [9.17, 15) is 0 Å². The molecule has 0 saturated carbocycles. The summed E-state index contributed by atoms with van der Waals surface area (Å²) in [6, 6.07) is 0. The van der Waals surface area contributed by atoms with Crippen LogP contribution in [0, 0.1) is 5.41 Å². The van der Waals surface area contributed by atoms with Gasteiger partial charge in [0.2, 0.25) is 0 Å². The maximum Gasteiger partial charge on any atom is 0.0485 e. The highest BCUT2D eigenvalue weighted by Gasteiger charge is 2.23. The molecule has 2 N–H and O–H groups in total. The maximum absolute atomic E-state index is 9.05. The highest BCUT2D eigenvalue weighted by atomic mass is 16.3. The number of aliphatic hydroxyl groups is 1. The first-order valence-electron chi connectivity index (χ1n) is 4.08. The predicted molar refractivity (Wildman–Crippen MR) is 41.9 cm³/mol. The Morgan fingerprint density at radius 2 is 2.20 bits per heavy atom. The van der Waals surface area contributed by atoms with E-state index >= 15 is 0 Å². The van der Waals surface area contributed by atoms with Crippen LogP contribution in [-0.2, 0) is 0 Å². The van der Waals surface area contributed by atoms with Gasteiger partial charge in [0.25, 0.3) is 0 Å². The second kappa shape index (κ2) is 3.35. The molecule has 0 radical (unpaired) electrons. The van der Waals surface area contributed by atoms with E-state index < -0.39 is 0 Å². The minimum absolute atomic E-state index is 0.198. The molecule has 0 unspecified atom stereocenters. The number of nitrogens with one attached hydrogen (secondary N) is 1. The molecule has 1 aliphatic heterocycles. The molecule has 0 aromatic rings. The lowest BCUT2D eigenvalue weighted by molar-refractivity contribution is 0.129. The monoisotopic (exact) mass is 143 g/mol. The van der Waals surface area contributed by atoms with Crippen LogP contribution < -0.4 is 5.32 Å². The lowest BCUT2D eigenvalue weighted by Crippen LogP contribution is -2.22. The molecule has 1 fully saturated rings. The summed E-state index contributed by atoms with van der Waals surface area (Å²) >= 11 is 0. The molecule has 0 aromatic heterocycles. The standard InChI is InChI=1S/C8H17NO/c1-8(7-10)3-2-5-9-6-4-8/h9-10H,2-7H2,1H3/t8-/m0/s1. The summed E-state index contributed by atoms with van der Waals surface area (Å²) in [6.07, 6.45) is 3.48. The molecule has 0 amide bonds. The summed E-state index contributed by atoms with van der Waals surface area (Å²) in [4.78, 5) is 0. The van der Waals surface area contributed by atoms with E-state index in [-0.39, 0.29) is 5.41 Å². The van der Waals surface area contributed by atoms with Crippen molar-refractivity contribution in [2.45, 2.75) is 26.2 Å². The Balaban J connectivity index is 2.41. The third kappa shape index (κ3) is 1.96. The molecule has 0 bridgehead atoms. The van der Waals surface area contributed by atoms with Crippen LogP contribution in [0.15, 0.2) is 0 Å². The molecule has 1 rings (SSSR count). The molecule has 10 heavy (non-hydrogen) atoms. The van der Waals surface area contributed by atoms with Crippen LogP contribution in [0.4, 0.5) is 0 Å². The Bertz CT molecular complexity index is 95.4. The zero-order valence-corrected chi connectivity index (χ0v) is 6.69. The summed E-state index contributed by atoms with van der Waals surface area (Å²) in [5.74, 6) is 0. The lowest BCUT2D eigenvalue weighted by atomic mass is 9.84. The predicted octanol–water partition coefficient (Wildman–Crippen LogP) is 0.758. The van der Waals surface area contributed by atoms with Crippen LogP contribution in [0.1, 0.15) is 26.2 Å². The summed E-state index contributed by atoms with van der Waals surface area (Å²) in [6.45, 7) is 4.70. The molecule has 0 spiro atoms. The minimum Gasteiger partial charge on any atom is -0.396 e. The second-order valence-corrected chi connectivity index (χ2v) is 3.57. The third-order valence-electron chi connectivity index (χ3n) is 2.42. The van der Waals surface area contributed by atoms with E-state index in [1.807, 2.05) is 0 Å². The Labute approximate surface area is 62.6 Å². The van der Waals surface area contributed by atoms with Gasteiger partial charge in [0.1, 0.15) is 0 Å². The van der Waals surface area contributed by atoms with Crippen molar-refractivity contribution >= 4 is 0 Å². The topological polar surface area (TPSA) is 32.3 Å². The zero-order valence-electron chi connectivity index (χ0n) is 6.69. The van der Waals surface area contributed by atoms with Crippen LogP contribution in [0.3, 0.4) is 0 Å². The van der Waals surface area contributed by atoms with Gasteiger partial charge in [-0.05, 0) is 37.8 Å². The van der Waals surface area contributed by atoms with E-state index in [1.54, 1.807) is 0 Å². The fourth-order valence-electron chi connectivity index (χ4n) is 1.44. The van der Waals surface area contributed by atoms with Crippen molar-refractivity contribution in [3.8, 4) is 0 Å². The Hall–Kier alpha value is -0.0800. The van der Waals surface area contributed by atoms with Gasteiger partial charge in [0.15, 0.2) is 0 Å². The van der Waals surface area contributed by atoms with Gasteiger partial charge in [-0.25, -0.2) is 0 Å². The fourth-order valence-corrected chi connectivity index (χ4v) is 1.44. The van der Waals surface area contributed by atoms with E-state index in [0.29, 0.717) is 6.61 Å². The summed E-state index contributed by atoms with van der Waals surface area (Å²) < 4.78 is 0. The molecular formula is C8H17NO. The van der Waals surface area contributed by atoms with Gasteiger partial charge in [-0.1, -0.05) is 6.92 Å². The smallest absolute Gasteiger partial charge is 0.0485 e. The molecule has 60 valence electrons. The molecule has 2 heteroatoms. The third-order valence-corrected chi connectivity index (χ3v) is 2.42. The van der Waals surface area contributed by atoms with Gasteiger partial charge in [-0.3, -0.25) is 0 Å². The van der Waals surface area contributed by atoms with Crippen molar-refractivity contribution in [3.63, 3.8) is 0 Å². The van der Waals surface area contributed by atoms with Crippen molar-refractivity contribution < 1.29 is 5.11 Å². The second-order valence-electron chi connectivity index (χ2n) is 3.57. The normalized spacial score (nSPS) is 35.4. The molecular weight excluding hydrogens is 126 g/mol. The molecule has 1 saturated heterocycles. The van der Waals surface area contributed by atoms with Crippen LogP contribution in [0.25, 0.3) is 0 Å². The molecule has 1 aliphatic rings. The van der Waals surface area contributed by atoms with Crippen LogP contribution in [-0.4, -0.2) is 24.8 Å².